The number of hydrogen-bond acceptors (Lipinski definition) is 3. The molecular weight excluding hydrogens is 431 g/mol. The molecule has 4 aromatic rings. The Kier molecular flexibility index (Phi) is 4.82. The van der Waals surface area contributed by atoms with Crippen molar-refractivity contribution in [2.24, 2.45) is 5.84 Å². The third-order valence-electron chi connectivity index (χ3n) is 5.46. The average molecular weight is 449 g/mol. The summed E-state index contributed by atoms with van der Waals surface area (Å²) in [5, 5.41) is 6.79. The van der Waals surface area contributed by atoms with Crippen molar-refractivity contribution >= 4 is 34.8 Å². The maximum Gasteiger partial charge on any atom is 0.293 e. The number of halogens is 2. The summed E-state index contributed by atoms with van der Waals surface area (Å²) in [6, 6.07) is 20.6. The van der Waals surface area contributed by atoms with Crippen molar-refractivity contribution in [3.05, 3.63) is 99.2 Å². The Morgan fingerprint density at radius 2 is 1.84 bits per heavy atom. The number of nitrogens with two attached hydrogens (primary N) is 1. The molecule has 1 aromatic heterocycles. The molecule has 0 aliphatic heterocycles. The van der Waals surface area contributed by atoms with Crippen LogP contribution in [0.4, 0.5) is 5.69 Å². The van der Waals surface area contributed by atoms with Crippen LogP contribution >= 0.6 is 23.2 Å². The van der Waals surface area contributed by atoms with Gasteiger partial charge in [-0.05, 0) is 42.8 Å². The molecule has 0 spiro atoms. The third-order valence-corrected chi connectivity index (χ3v) is 6.00. The lowest BCUT2D eigenvalue weighted by Gasteiger charge is -2.16. The van der Waals surface area contributed by atoms with E-state index in [9.17, 15) is 4.79 Å². The lowest BCUT2D eigenvalue weighted by atomic mass is 10.1. The van der Waals surface area contributed by atoms with Gasteiger partial charge in [-0.2, -0.15) is 5.10 Å². The zero-order valence-electron chi connectivity index (χ0n) is 16.6. The highest BCUT2D eigenvalue weighted by atomic mass is 35.5. The second-order valence-corrected chi connectivity index (χ2v) is 8.38. The van der Waals surface area contributed by atoms with Gasteiger partial charge in [0.1, 0.15) is 0 Å². The van der Waals surface area contributed by atoms with E-state index < -0.39 is 0 Å². The number of hydrazine groups is 1. The molecule has 1 aliphatic rings. The quantitative estimate of drug-likeness (QED) is 0.222. The second-order valence-electron chi connectivity index (χ2n) is 7.53. The van der Waals surface area contributed by atoms with Gasteiger partial charge in [-0.1, -0.05) is 65.2 Å². The molecule has 0 fully saturated rings. The maximum atomic E-state index is 13.4. The Hall–Kier alpha value is -3.12. The van der Waals surface area contributed by atoms with Crippen molar-refractivity contribution in [3.8, 4) is 16.9 Å². The maximum absolute atomic E-state index is 13.4. The smallest absolute Gasteiger partial charge is 0.265 e. The number of anilines is 1. The van der Waals surface area contributed by atoms with E-state index in [0.29, 0.717) is 33.5 Å². The van der Waals surface area contributed by atoms with Gasteiger partial charge >= 0.3 is 0 Å². The highest BCUT2D eigenvalue weighted by Crippen LogP contribution is 2.41. The van der Waals surface area contributed by atoms with Crippen LogP contribution in [-0.2, 0) is 6.42 Å². The number of benzene rings is 3. The van der Waals surface area contributed by atoms with E-state index in [0.717, 1.165) is 33.0 Å². The lowest BCUT2D eigenvalue weighted by Crippen LogP contribution is -2.38. The van der Waals surface area contributed by atoms with Crippen molar-refractivity contribution in [1.82, 2.24) is 9.78 Å². The summed E-state index contributed by atoms with van der Waals surface area (Å²) in [5.74, 6) is 5.80. The standard InChI is InChI=1S/C24H18Cl2N4O/c1-14-7-9-18-15(11-14)12-19-22(24(31)29(27)17-5-3-2-4-6-17)28-30(23(18)19)21-10-8-16(25)13-20(21)26/h2-11,13H,12,27H2,1H3. The second kappa shape index (κ2) is 7.54. The minimum Gasteiger partial charge on any atom is -0.265 e. The minimum atomic E-state index is -0.379. The van der Waals surface area contributed by atoms with Crippen LogP contribution in [0.5, 0.6) is 0 Å². The summed E-state index contributed by atoms with van der Waals surface area (Å²) in [5.41, 5.74) is 6.56. The van der Waals surface area contributed by atoms with Crippen molar-refractivity contribution in [3.63, 3.8) is 0 Å². The first-order valence-corrected chi connectivity index (χ1v) is 10.5. The largest absolute Gasteiger partial charge is 0.293 e. The summed E-state index contributed by atoms with van der Waals surface area (Å²) >= 11 is 12.6. The summed E-state index contributed by atoms with van der Waals surface area (Å²) in [4.78, 5) is 13.4. The van der Waals surface area contributed by atoms with Gasteiger partial charge in [0.05, 0.1) is 22.1 Å². The van der Waals surface area contributed by atoms with E-state index in [4.69, 9.17) is 29.0 Å². The van der Waals surface area contributed by atoms with Crippen molar-refractivity contribution < 1.29 is 4.79 Å². The van der Waals surface area contributed by atoms with E-state index in [1.807, 2.05) is 18.2 Å². The number of hydrogen-bond donors (Lipinski definition) is 1. The summed E-state index contributed by atoms with van der Waals surface area (Å²) in [6.45, 7) is 2.05. The zero-order valence-corrected chi connectivity index (χ0v) is 18.2. The Morgan fingerprint density at radius 3 is 2.58 bits per heavy atom. The predicted molar refractivity (Wildman–Crippen MR) is 124 cm³/mol. The molecule has 2 N–H and O–H groups in total. The highest BCUT2D eigenvalue weighted by Gasteiger charge is 2.33. The Morgan fingerprint density at radius 1 is 1.06 bits per heavy atom. The topological polar surface area (TPSA) is 64.2 Å². The van der Waals surface area contributed by atoms with Crippen molar-refractivity contribution in [2.45, 2.75) is 13.3 Å². The van der Waals surface area contributed by atoms with Gasteiger partial charge in [0.15, 0.2) is 5.69 Å². The number of carbonyl (C=O) groups excluding carboxylic acids is 1. The number of amides is 1. The van der Waals surface area contributed by atoms with Crippen LogP contribution in [0.15, 0.2) is 66.7 Å². The number of fused-ring (bicyclic) bond motifs is 3. The van der Waals surface area contributed by atoms with Gasteiger partial charge in [-0.3, -0.25) is 4.79 Å². The van der Waals surface area contributed by atoms with Gasteiger partial charge in [-0.25, -0.2) is 15.5 Å². The SMILES string of the molecule is Cc1ccc2c(c1)Cc1c(C(=O)N(N)c3ccccc3)nn(-c3ccc(Cl)cc3Cl)c1-2. The molecule has 1 amide bonds. The molecule has 0 saturated heterocycles. The van der Waals surface area contributed by atoms with E-state index in [1.54, 1.807) is 35.0 Å². The van der Waals surface area contributed by atoms with Crippen LogP contribution in [0.1, 0.15) is 27.2 Å². The molecule has 0 radical (unpaired) electrons. The molecule has 0 atom stereocenters. The Balaban J connectivity index is 1.70. The number of para-hydroxylation sites is 1. The van der Waals surface area contributed by atoms with E-state index >= 15 is 0 Å². The Bertz CT molecular complexity index is 1330. The molecule has 3 aromatic carbocycles. The van der Waals surface area contributed by atoms with Gasteiger partial charge < -0.3 is 0 Å². The zero-order chi connectivity index (χ0) is 21.7. The van der Waals surface area contributed by atoms with E-state index in [1.165, 1.54) is 0 Å². The number of rotatable bonds is 3. The van der Waals surface area contributed by atoms with Crippen molar-refractivity contribution in [2.75, 3.05) is 5.01 Å². The molecule has 0 saturated carbocycles. The average Bonchev–Trinajstić information content (AvgIpc) is 3.30. The molecule has 1 aliphatic carbocycles. The fraction of sp³-hybridized carbons (Fsp3) is 0.0833. The molecule has 7 heteroatoms. The van der Waals surface area contributed by atoms with Gasteiger partial charge in [0, 0.05) is 22.6 Å². The first kappa shape index (κ1) is 19.8. The van der Waals surface area contributed by atoms with Crippen molar-refractivity contribution in [1.29, 1.82) is 0 Å². The number of aryl methyl sites for hydroxylation is 1. The third kappa shape index (κ3) is 3.31. The van der Waals surface area contributed by atoms with E-state index in [2.05, 4.69) is 30.2 Å². The summed E-state index contributed by atoms with van der Waals surface area (Å²) < 4.78 is 1.72. The van der Waals surface area contributed by atoms with Gasteiger partial charge in [-0.15, -0.1) is 0 Å². The van der Waals surface area contributed by atoms with Crippen LogP contribution in [0.3, 0.4) is 0 Å². The predicted octanol–water partition coefficient (Wildman–Crippen LogP) is 5.58. The number of aromatic nitrogens is 2. The van der Waals surface area contributed by atoms with Gasteiger partial charge in [0.2, 0.25) is 0 Å². The van der Waals surface area contributed by atoms with Gasteiger partial charge in [0.25, 0.3) is 5.91 Å². The Labute approximate surface area is 189 Å². The van der Waals surface area contributed by atoms with Crippen LogP contribution in [-0.4, -0.2) is 15.7 Å². The fourth-order valence-corrected chi connectivity index (χ4v) is 4.49. The molecule has 5 rings (SSSR count). The van der Waals surface area contributed by atoms with E-state index in [-0.39, 0.29) is 5.91 Å². The molecule has 31 heavy (non-hydrogen) atoms. The van der Waals surface area contributed by atoms with Crippen LogP contribution in [0.25, 0.3) is 16.9 Å². The monoisotopic (exact) mass is 448 g/mol. The first-order chi connectivity index (χ1) is 14.9. The summed E-state index contributed by atoms with van der Waals surface area (Å²) in [6.07, 6.45) is 0.598. The number of carbonyl (C=O) groups is 1. The molecule has 0 bridgehead atoms. The van der Waals surface area contributed by atoms with Crippen LogP contribution < -0.4 is 10.9 Å². The normalized spacial score (nSPS) is 11.9. The highest BCUT2D eigenvalue weighted by molar-refractivity contribution is 6.35. The summed E-state index contributed by atoms with van der Waals surface area (Å²) in [7, 11) is 0. The fourth-order valence-electron chi connectivity index (χ4n) is 4.00. The van der Waals surface area contributed by atoms with Crippen LogP contribution in [0, 0.1) is 6.92 Å². The van der Waals surface area contributed by atoms with Crippen LogP contribution in [0.2, 0.25) is 10.0 Å². The number of nitrogens with zero attached hydrogens (tertiary/aromatic N) is 3. The molecule has 1 heterocycles. The molecule has 5 nitrogen and oxygen atoms in total. The minimum absolute atomic E-state index is 0.307. The molecular formula is C24H18Cl2N4O. The lowest BCUT2D eigenvalue weighted by molar-refractivity contribution is 0.0981. The first-order valence-electron chi connectivity index (χ1n) is 9.75. The molecule has 0 unspecified atom stereocenters. The molecule has 154 valence electrons.